The van der Waals surface area contributed by atoms with Crippen molar-refractivity contribution in [3.63, 3.8) is 0 Å². The molecule has 158 valence electrons. The molecule has 8 nitrogen and oxygen atoms in total. The van der Waals surface area contributed by atoms with E-state index < -0.39 is 0 Å². The fourth-order valence-corrected chi connectivity index (χ4v) is 2.93. The lowest BCUT2D eigenvalue weighted by atomic mass is 10.2. The van der Waals surface area contributed by atoms with Crippen molar-refractivity contribution in [1.82, 2.24) is 15.3 Å². The molecular formula is C24H19N5O3. The van der Waals surface area contributed by atoms with E-state index >= 15 is 0 Å². The Balaban J connectivity index is 1.81. The summed E-state index contributed by atoms with van der Waals surface area (Å²) in [5.74, 6) is 0.432. The average Bonchev–Trinajstić information content (AvgIpc) is 2.81. The number of fused-ring (bicyclic) bond motifs is 2. The Bertz CT molecular complexity index is 1380. The van der Waals surface area contributed by atoms with Gasteiger partial charge in [0.25, 0.3) is 0 Å². The molecule has 0 fully saturated rings. The minimum Gasteiger partial charge on any atom is -0.490 e. The first kappa shape index (κ1) is 20.8. The Kier molecular flexibility index (Phi) is 6.52. The molecule has 2 heterocycles. The number of carbonyl (C=O) groups is 2. The molecule has 4 rings (SSSR count). The van der Waals surface area contributed by atoms with Crippen LogP contribution in [0, 0.1) is 0 Å². The van der Waals surface area contributed by atoms with Crippen molar-refractivity contribution in [2.24, 2.45) is 9.98 Å². The first-order chi connectivity index (χ1) is 15.7. The summed E-state index contributed by atoms with van der Waals surface area (Å²) in [6.07, 6.45) is 10.6. The van der Waals surface area contributed by atoms with E-state index in [4.69, 9.17) is 9.73 Å². The van der Waals surface area contributed by atoms with E-state index in [2.05, 4.69) is 20.3 Å². The smallest absolute Gasteiger partial charge is 0.249 e. The molecule has 0 saturated heterocycles. The molecule has 1 aliphatic rings. The number of amides is 2. The van der Waals surface area contributed by atoms with Gasteiger partial charge in [0.2, 0.25) is 11.8 Å². The van der Waals surface area contributed by atoms with Crippen molar-refractivity contribution in [3.8, 4) is 5.75 Å². The van der Waals surface area contributed by atoms with Crippen molar-refractivity contribution in [2.75, 3.05) is 6.61 Å². The molecule has 0 aliphatic carbocycles. The standard InChI is InChI=1S/C24H19N5O3/c30-22-8-3-4-13-32-18-10-11-21-19(14-18)24(28-16-27-21)29-20-7-2-1-6-17(20)15-26-23(31)9-5-12-25-22/h1-7,9-12,14-16H,8,13H2,(H,26,31)/b4-3-,9-5+,17-15+,25-12+,29-20+. The zero-order valence-corrected chi connectivity index (χ0v) is 17.0. The van der Waals surface area contributed by atoms with Gasteiger partial charge in [0.05, 0.1) is 10.9 Å². The number of benzene rings is 2. The van der Waals surface area contributed by atoms with Crippen LogP contribution < -0.4 is 20.6 Å². The normalized spacial score (nSPS) is 19.9. The molecule has 0 unspecified atom stereocenters. The molecule has 2 bridgehead atoms. The summed E-state index contributed by atoms with van der Waals surface area (Å²) in [6, 6.07) is 12.8. The predicted molar refractivity (Wildman–Crippen MR) is 121 cm³/mol. The number of allylic oxidation sites excluding steroid dienone is 1. The largest absolute Gasteiger partial charge is 0.490 e. The molecule has 1 aliphatic heterocycles. The number of nitrogens with zero attached hydrogens (tertiary/aromatic N) is 4. The maximum Gasteiger partial charge on any atom is 0.249 e. The van der Waals surface area contributed by atoms with Crippen LogP contribution in [0.15, 0.2) is 83.1 Å². The third-order valence-corrected chi connectivity index (χ3v) is 4.48. The van der Waals surface area contributed by atoms with Gasteiger partial charge in [-0.3, -0.25) is 9.59 Å². The van der Waals surface area contributed by atoms with E-state index in [-0.39, 0.29) is 18.2 Å². The monoisotopic (exact) mass is 425 g/mol. The summed E-state index contributed by atoms with van der Waals surface area (Å²) < 4.78 is 5.77. The number of nitrogens with one attached hydrogen (secondary N) is 1. The number of rotatable bonds is 0. The summed E-state index contributed by atoms with van der Waals surface area (Å²) >= 11 is 0. The highest BCUT2D eigenvalue weighted by Gasteiger charge is 2.05. The lowest BCUT2D eigenvalue weighted by Crippen LogP contribution is -2.28. The van der Waals surface area contributed by atoms with Gasteiger partial charge in [0.15, 0.2) is 5.82 Å². The molecule has 1 N–H and O–H groups in total. The maximum atomic E-state index is 12.1. The molecule has 3 aromatic rings. The first-order valence-electron chi connectivity index (χ1n) is 9.90. The van der Waals surface area contributed by atoms with E-state index in [0.717, 1.165) is 10.9 Å². The molecule has 8 heteroatoms. The van der Waals surface area contributed by atoms with Crippen LogP contribution in [0.1, 0.15) is 6.42 Å². The fraction of sp³-hybridized carbons (Fsp3) is 0.0833. The van der Waals surface area contributed by atoms with Crippen LogP contribution in [0.3, 0.4) is 0 Å². The van der Waals surface area contributed by atoms with Crippen LogP contribution in [0.2, 0.25) is 0 Å². The number of ether oxygens (including phenoxy) is 1. The van der Waals surface area contributed by atoms with Crippen LogP contribution in [0.25, 0.3) is 17.1 Å². The van der Waals surface area contributed by atoms with Gasteiger partial charge in [-0.1, -0.05) is 30.4 Å². The molecule has 0 spiro atoms. The SMILES string of the molecule is O=C1C/C=C\COc2ccc3ncnc(c3c2)/N=c2\cccc\c2=C/NC(=O)/C=C/C=N/1. The van der Waals surface area contributed by atoms with Crippen LogP contribution in [0.5, 0.6) is 5.75 Å². The molecule has 0 radical (unpaired) electrons. The second kappa shape index (κ2) is 10.0. The Morgan fingerprint density at radius 2 is 1.91 bits per heavy atom. The van der Waals surface area contributed by atoms with Crippen LogP contribution in [-0.4, -0.2) is 34.6 Å². The number of hydrogen-bond donors (Lipinski definition) is 1. The van der Waals surface area contributed by atoms with Gasteiger partial charge >= 0.3 is 0 Å². The fourth-order valence-electron chi connectivity index (χ4n) is 2.93. The summed E-state index contributed by atoms with van der Waals surface area (Å²) in [5.41, 5.74) is 0.729. The quantitative estimate of drug-likeness (QED) is 0.554. The Hall–Kier alpha value is -4.46. The van der Waals surface area contributed by atoms with Crippen molar-refractivity contribution in [2.45, 2.75) is 6.42 Å². The zero-order chi connectivity index (χ0) is 22.2. The number of carbonyl (C=O) groups excluding carboxylic acids is 2. The minimum atomic E-state index is -0.359. The third-order valence-electron chi connectivity index (χ3n) is 4.48. The second-order valence-electron chi connectivity index (χ2n) is 6.72. The van der Waals surface area contributed by atoms with Crippen LogP contribution >= 0.6 is 0 Å². The van der Waals surface area contributed by atoms with E-state index in [1.54, 1.807) is 18.4 Å². The minimum absolute atomic E-state index is 0.138. The third kappa shape index (κ3) is 5.37. The van der Waals surface area contributed by atoms with Gasteiger partial charge in [0.1, 0.15) is 18.7 Å². The van der Waals surface area contributed by atoms with Gasteiger partial charge in [-0.2, -0.15) is 0 Å². The van der Waals surface area contributed by atoms with E-state index in [1.807, 2.05) is 42.5 Å². The number of aromatic nitrogens is 2. The van der Waals surface area contributed by atoms with Crippen molar-refractivity contribution in [1.29, 1.82) is 0 Å². The van der Waals surface area contributed by atoms with Gasteiger partial charge in [-0.05, 0) is 30.3 Å². The van der Waals surface area contributed by atoms with Crippen LogP contribution in [0.4, 0.5) is 5.82 Å². The molecule has 1 aromatic heterocycles. The zero-order valence-electron chi connectivity index (χ0n) is 17.0. The molecular weight excluding hydrogens is 406 g/mol. The van der Waals surface area contributed by atoms with Gasteiger partial charge < -0.3 is 10.1 Å². The maximum absolute atomic E-state index is 12.1. The van der Waals surface area contributed by atoms with E-state index in [1.165, 1.54) is 24.7 Å². The van der Waals surface area contributed by atoms with E-state index in [9.17, 15) is 9.59 Å². The van der Waals surface area contributed by atoms with Crippen molar-refractivity contribution in [3.05, 3.63) is 83.7 Å². The first-order valence-corrected chi connectivity index (χ1v) is 9.90. The summed E-state index contributed by atoms with van der Waals surface area (Å²) in [6.45, 7) is 0.292. The lowest BCUT2D eigenvalue weighted by Gasteiger charge is -2.06. The van der Waals surface area contributed by atoms with E-state index in [0.29, 0.717) is 28.8 Å². The molecule has 2 amide bonds. The van der Waals surface area contributed by atoms with Crippen molar-refractivity contribution >= 4 is 40.9 Å². The highest BCUT2D eigenvalue weighted by Crippen LogP contribution is 2.25. The second-order valence-corrected chi connectivity index (χ2v) is 6.72. The van der Waals surface area contributed by atoms with Gasteiger partial charge in [-0.25, -0.2) is 20.0 Å². The highest BCUT2D eigenvalue weighted by atomic mass is 16.5. The van der Waals surface area contributed by atoms with Crippen LogP contribution in [-0.2, 0) is 9.59 Å². The molecule has 2 aromatic carbocycles. The lowest BCUT2D eigenvalue weighted by molar-refractivity contribution is -0.117. The summed E-state index contributed by atoms with van der Waals surface area (Å²) in [7, 11) is 0. The number of aliphatic imine (C=N–C) groups is 1. The van der Waals surface area contributed by atoms with Crippen molar-refractivity contribution < 1.29 is 14.3 Å². The highest BCUT2D eigenvalue weighted by molar-refractivity contribution is 5.96. The Labute approximate surface area is 183 Å². The molecule has 32 heavy (non-hydrogen) atoms. The number of hydrogen-bond acceptors (Lipinski definition) is 6. The Morgan fingerprint density at radius 3 is 2.84 bits per heavy atom. The molecule has 0 saturated carbocycles. The summed E-state index contributed by atoms with van der Waals surface area (Å²) in [5, 5.41) is 4.75. The molecule has 0 atom stereocenters. The van der Waals surface area contributed by atoms with Gasteiger partial charge in [-0.15, -0.1) is 0 Å². The predicted octanol–water partition coefficient (Wildman–Crippen LogP) is 1.93. The number of para-hydroxylation sites is 1. The average molecular weight is 425 g/mol. The Morgan fingerprint density at radius 1 is 1.00 bits per heavy atom. The summed E-state index contributed by atoms with van der Waals surface area (Å²) in [4.78, 5) is 40.9. The topological polar surface area (TPSA) is 106 Å². The van der Waals surface area contributed by atoms with Gasteiger partial charge in [0, 0.05) is 35.5 Å².